The second-order valence-corrected chi connectivity index (χ2v) is 5.94. The van der Waals surface area contributed by atoms with Gasteiger partial charge >= 0.3 is 11.9 Å². The lowest BCUT2D eigenvalue weighted by molar-refractivity contribution is 0.0469. The second-order valence-electron chi connectivity index (χ2n) is 5.51. The summed E-state index contributed by atoms with van der Waals surface area (Å²) in [4.78, 5) is 39.2. The average Bonchev–Trinajstić information content (AvgIpc) is 2.89. The standard InChI is InChI=1S/C18H18ClNO6/c1-4-25-18(24)15-9(2)16(20-10(15)3)14(22)8-26-17(23)12-7-11(19)5-6-13(12)21/h5-7,20-21H,4,8H2,1-3H3. The molecule has 0 radical (unpaired) electrons. The molecule has 0 saturated heterocycles. The van der Waals surface area contributed by atoms with Gasteiger partial charge in [-0.1, -0.05) is 11.6 Å². The van der Waals surface area contributed by atoms with Gasteiger partial charge in [0.25, 0.3) is 0 Å². The van der Waals surface area contributed by atoms with Crippen LogP contribution >= 0.6 is 11.6 Å². The molecule has 0 aliphatic carbocycles. The third-order valence-corrected chi connectivity index (χ3v) is 3.94. The Bertz CT molecular complexity index is 871. The molecule has 8 heteroatoms. The Balaban J connectivity index is 2.13. The van der Waals surface area contributed by atoms with Crippen molar-refractivity contribution >= 4 is 29.3 Å². The Hall–Kier alpha value is -2.80. The summed E-state index contributed by atoms with van der Waals surface area (Å²) in [5.74, 6) is -2.23. The van der Waals surface area contributed by atoms with Crippen molar-refractivity contribution < 1.29 is 29.0 Å². The van der Waals surface area contributed by atoms with E-state index in [-0.39, 0.29) is 34.2 Å². The van der Waals surface area contributed by atoms with Gasteiger partial charge in [-0.05, 0) is 44.5 Å². The van der Waals surface area contributed by atoms with E-state index in [1.165, 1.54) is 18.2 Å². The molecular formula is C18H18ClNO6. The van der Waals surface area contributed by atoms with Gasteiger partial charge in [0.15, 0.2) is 6.61 Å². The van der Waals surface area contributed by atoms with Crippen molar-refractivity contribution in [3.05, 3.63) is 51.3 Å². The van der Waals surface area contributed by atoms with Gasteiger partial charge in [-0.15, -0.1) is 0 Å². The van der Waals surface area contributed by atoms with Gasteiger partial charge < -0.3 is 19.6 Å². The van der Waals surface area contributed by atoms with E-state index in [4.69, 9.17) is 21.1 Å². The van der Waals surface area contributed by atoms with E-state index in [1.54, 1.807) is 20.8 Å². The van der Waals surface area contributed by atoms with E-state index < -0.39 is 24.3 Å². The number of hydrogen-bond acceptors (Lipinski definition) is 6. The number of Topliss-reactive ketones (excluding diaryl/α,β-unsaturated/α-hetero) is 1. The lowest BCUT2D eigenvalue weighted by Gasteiger charge is -2.06. The number of nitrogens with one attached hydrogen (secondary N) is 1. The largest absolute Gasteiger partial charge is 0.507 e. The Kier molecular flexibility index (Phi) is 6.05. The van der Waals surface area contributed by atoms with Crippen LogP contribution in [0.3, 0.4) is 0 Å². The number of aromatic amines is 1. The van der Waals surface area contributed by atoms with Crippen LogP contribution in [0.15, 0.2) is 18.2 Å². The number of aryl methyl sites for hydroxylation is 1. The van der Waals surface area contributed by atoms with E-state index in [1.807, 2.05) is 0 Å². The van der Waals surface area contributed by atoms with Crippen molar-refractivity contribution in [1.29, 1.82) is 0 Å². The maximum atomic E-state index is 12.4. The first-order chi connectivity index (χ1) is 12.3. The third kappa shape index (κ3) is 4.05. The summed E-state index contributed by atoms with van der Waals surface area (Å²) < 4.78 is 9.92. The van der Waals surface area contributed by atoms with Gasteiger partial charge in [0.05, 0.1) is 17.9 Å². The monoisotopic (exact) mass is 379 g/mol. The maximum Gasteiger partial charge on any atom is 0.342 e. The number of carbonyl (C=O) groups is 3. The molecule has 0 saturated carbocycles. The van der Waals surface area contributed by atoms with Gasteiger partial charge in [0, 0.05) is 10.7 Å². The molecule has 1 aromatic heterocycles. The fourth-order valence-corrected chi connectivity index (χ4v) is 2.66. The number of ketones is 1. The molecule has 2 N–H and O–H groups in total. The number of ether oxygens (including phenoxy) is 2. The normalized spacial score (nSPS) is 10.5. The Morgan fingerprint density at radius 2 is 1.85 bits per heavy atom. The first kappa shape index (κ1) is 19.5. The molecule has 0 unspecified atom stereocenters. The molecule has 26 heavy (non-hydrogen) atoms. The number of rotatable bonds is 6. The number of phenols is 1. The Morgan fingerprint density at radius 1 is 1.15 bits per heavy atom. The summed E-state index contributed by atoms with van der Waals surface area (Å²) >= 11 is 5.78. The molecule has 1 aromatic carbocycles. The van der Waals surface area contributed by atoms with Gasteiger partial charge in [0.1, 0.15) is 11.3 Å². The average molecular weight is 380 g/mol. The molecule has 2 aromatic rings. The highest BCUT2D eigenvalue weighted by molar-refractivity contribution is 6.31. The summed E-state index contributed by atoms with van der Waals surface area (Å²) in [5.41, 5.74) is 1.22. The van der Waals surface area contributed by atoms with Crippen LogP contribution in [0.5, 0.6) is 5.75 Å². The third-order valence-electron chi connectivity index (χ3n) is 3.71. The predicted molar refractivity (Wildman–Crippen MR) is 94.0 cm³/mol. The zero-order valence-electron chi connectivity index (χ0n) is 14.5. The first-order valence-electron chi connectivity index (χ1n) is 7.81. The van der Waals surface area contributed by atoms with Crippen molar-refractivity contribution in [2.45, 2.75) is 20.8 Å². The smallest absolute Gasteiger partial charge is 0.342 e. The highest BCUT2D eigenvalue weighted by atomic mass is 35.5. The predicted octanol–water partition coefficient (Wildman–Crippen LogP) is 3.21. The second kappa shape index (κ2) is 8.05. The minimum atomic E-state index is -0.884. The number of benzene rings is 1. The molecule has 138 valence electrons. The molecule has 2 rings (SSSR count). The Labute approximate surface area is 154 Å². The van der Waals surface area contributed by atoms with E-state index in [2.05, 4.69) is 4.98 Å². The summed E-state index contributed by atoms with van der Waals surface area (Å²) in [7, 11) is 0. The van der Waals surface area contributed by atoms with Crippen LogP contribution in [0.4, 0.5) is 0 Å². The van der Waals surface area contributed by atoms with Crippen LogP contribution in [-0.4, -0.2) is 41.0 Å². The van der Waals surface area contributed by atoms with Gasteiger partial charge in [-0.3, -0.25) is 4.79 Å². The molecule has 0 amide bonds. The summed E-state index contributed by atoms with van der Waals surface area (Å²) in [5, 5.41) is 9.93. The van der Waals surface area contributed by atoms with E-state index in [0.717, 1.165) is 0 Å². The maximum absolute atomic E-state index is 12.4. The molecular weight excluding hydrogens is 362 g/mol. The minimum absolute atomic E-state index is 0.142. The van der Waals surface area contributed by atoms with E-state index in [0.29, 0.717) is 11.3 Å². The molecule has 7 nitrogen and oxygen atoms in total. The number of esters is 2. The number of H-pyrrole nitrogens is 1. The summed E-state index contributed by atoms with van der Waals surface area (Å²) in [6, 6.07) is 3.91. The van der Waals surface area contributed by atoms with Crippen LogP contribution in [0.2, 0.25) is 5.02 Å². The van der Waals surface area contributed by atoms with E-state index >= 15 is 0 Å². The van der Waals surface area contributed by atoms with Crippen LogP contribution in [-0.2, 0) is 9.47 Å². The van der Waals surface area contributed by atoms with Crippen LogP contribution in [0.25, 0.3) is 0 Å². The lowest BCUT2D eigenvalue weighted by Crippen LogP contribution is -2.16. The van der Waals surface area contributed by atoms with Crippen molar-refractivity contribution in [3.8, 4) is 5.75 Å². The Morgan fingerprint density at radius 3 is 2.50 bits per heavy atom. The number of aromatic hydroxyl groups is 1. The number of hydrogen-bond donors (Lipinski definition) is 2. The molecule has 1 heterocycles. The van der Waals surface area contributed by atoms with Gasteiger partial charge in [-0.2, -0.15) is 0 Å². The van der Waals surface area contributed by atoms with Crippen molar-refractivity contribution in [3.63, 3.8) is 0 Å². The zero-order valence-corrected chi connectivity index (χ0v) is 15.3. The first-order valence-corrected chi connectivity index (χ1v) is 8.19. The SMILES string of the molecule is CCOC(=O)c1c(C)[nH]c(C(=O)COC(=O)c2cc(Cl)ccc2O)c1C. The molecule has 0 spiro atoms. The highest BCUT2D eigenvalue weighted by Gasteiger charge is 2.24. The fraction of sp³-hybridized carbons (Fsp3) is 0.278. The van der Waals surface area contributed by atoms with Crippen LogP contribution in [0.1, 0.15) is 49.4 Å². The zero-order chi connectivity index (χ0) is 19.4. The van der Waals surface area contributed by atoms with Crippen molar-refractivity contribution in [2.24, 2.45) is 0 Å². The van der Waals surface area contributed by atoms with Crippen molar-refractivity contribution in [1.82, 2.24) is 4.98 Å². The van der Waals surface area contributed by atoms with E-state index in [9.17, 15) is 19.5 Å². The number of phenolic OH excluding ortho intramolecular Hbond substituents is 1. The van der Waals surface area contributed by atoms with Crippen molar-refractivity contribution in [2.75, 3.05) is 13.2 Å². The minimum Gasteiger partial charge on any atom is -0.507 e. The van der Waals surface area contributed by atoms with Crippen LogP contribution < -0.4 is 0 Å². The fourth-order valence-electron chi connectivity index (χ4n) is 2.49. The number of aromatic nitrogens is 1. The number of carbonyl (C=O) groups excluding carboxylic acids is 3. The molecule has 0 aliphatic heterocycles. The lowest BCUT2D eigenvalue weighted by atomic mass is 10.1. The molecule has 0 bridgehead atoms. The summed E-state index contributed by atoms with van der Waals surface area (Å²) in [6.07, 6.45) is 0. The molecule has 0 aliphatic rings. The van der Waals surface area contributed by atoms with Crippen LogP contribution in [0, 0.1) is 13.8 Å². The summed E-state index contributed by atoms with van der Waals surface area (Å²) in [6.45, 7) is 4.59. The number of halogens is 1. The quantitative estimate of drug-likeness (QED) is 0.589. The topological polar surface area (TPSA) is 106 Å². The highest BCUT2D eigenvalue weighted by Crippen LogP contribution is 2.23. The molecule has 0 fully saturated rings. The van der Waals surface area contributed by atoms with Gasteiger partial charge in [0.2, 0.25) is 5.78 Å². The molecule has 0 atom stereocenters. The van der Waals surface area contributed by atoms with Gasteiger partial charge in [-0.25, -0.2) is 9.59 Å².